The van der Waals surface area contributed by atoms with Gasteiger partial charge in [0.25, 0.3) is 5.91 Å². The average molecular weight is 272 g/mol. The summed E-state index contributed by atoms with van der Waals surface area (Å²) in [5.74, 6) is 0.503. The summed E-state index contributed by atoms with van der Waals surface area (Å²) in [5, 5.41) is 3.04. The molecule has 1 aliphatic carbocycles. The van der Waals surface area contributed by atoms with Crippen molar-refractivity contribution < 1.29 is 4.79 Å². The third kappa shape index (κ3) is 3.75. The van der Waals surface area contributed by atoms with Crippen LogP contribution in [0.3, 0.4) is 0 Å². The second kappa shape index (κ2) is 7.44. The second-order valence-electron chi connectivity index (χ2n) is 4.80. The van der Waals surface area contributed by atoms with E-state index in [1.54, 1.807) is 12.3 Å². The summed E-state index contributed by atoms with van der Waals surface area (Å²) >= 11 is 0. The molecule has 1 heterocycles. The van der Waals surface area contributed by atoms with Crippen LogP contribution in [0.5, 0.6) is 0 Å². The highest BCUT2D eigenvalue weighted by Crippen LogP contribution is 2.26. The minimum Gasteiger partial charge on any atom is -0.357 e. The standard InChI is InChI=1S/C13H21N3O.ClH/c14-9-12(10-5-2-1-3-6-10)16-13(17)11-7-4-8-15-11;/h4,7-8,10,12,15H,1-3,5-6,9,14H2,(H,16,17);1H. The fourth-order valence-electron chi connectivity index (χ4n) is 2.62. The molecule has 4 N–H and O–H groups in total. The van der Waals surface area contributed by atoms with E-state index in [2.05, 4.69) is 10.3 Å². The van der Waals surface area contributed by atoms with Gasteiger partial charge < -0.3 is 16.0 Å². The monoisotopic (exact) mass is 271 g/mol. The first-order valence-corrected chi connectivity index (χ1v) is 6.45. The molecular formula is C13H22ClN3O. The largest absolute Gasteiger partial charge is 0.357 e. The van der Waals surface area contributed by atoms with Crippen LogP contribution >= 0.6 is 12.4 Å². The van der Waals surface area contributed by atoms with Crippen molar-refractivity contribution in [3.63, 3.8) is 0 Å². The third-order valence-electron chi connectivity index (χ3n) is 3.63. The van der Waals surface area contributed by atoms with Crippen LogP contribution < -0.4 is 11.1 Å². The van der Waals surface area contributed by atoms with Crippen LogP contribution in [0.4, 0.5) is 0 Å². The molecular weight excluding hydrogens is 250 g/mol. The molecule has 18 heavy (non-hydrogen) atoms. The van der Waals surface area contributed by atoms with Gasteiger partial charge >= 0.3 is 0 Å². The predicted octanol–water partition coefficient (Wildman–Crippen LogP) is 2.07. The van der Waals surface area contributed by atoms with Crippen LogP contribution in [0.2, 0.25) is 0 Å². The quantitative estimate of drug-likeness (QED) is 0.785. The van der Waals surface area contributed by atoms with Gasteiger partial charge in [-0.3, -0.25) is 4.79 Å². The highest BCUT2D eigenvalue weighted by Gasteiger charge is 2.24. The first-order valence-electron chi connectivity index (χ1n) is 6.45. The van der Waals surface area contributed by atoms with Gasteiger partial charge in [0.2, 0.25) is 0 Å². The predicted molar refractivity (Wildman–Crippen MR) is 74.9 cm³/mol. The Morgan fingerprint density at radius 2 is 2.17 bits per heavy atom. The van der Waals surface area contributed by atoms with Crippen molar-refractivity contribution in [3.05, 3.63) is 24.0 Å². The fourth-order valence-corrected chi connectivity index (χ4v) is 2.62. The molecule has 5 heteroatoms. The molecule has 1 aromatic rings. The molecule has 1 atom stereocenters. The first-order chi connectivity index (χ1) is 8.31. The van der Waals surface area contributed by atoms with Gasteiger partial charge in [0.15, 0.2) is 0 Å². The van der Waals surface area contributed by atoms with E-state index < -0.39 is 0 Å². The van der Waals surface area contributed by atoms with Gasteiger partial charge in [0, 0.05) is 18.8 Å². The van der Waals surface area contributed by atoms with E-state index in [9.17, 15) is 4.79 Å². The van der Waals surface area contributed by atoms with Crippen LogP contribution in [-0.2, 0) is 0 Å². The molecule has 4 nitrogen and oxygen atoms in total. The van der Waals surface area contributed by atoms with Gasteiger partial charge in [0.1, 0.15) is 5.69 Å². The molecule has 0 aromatic carbocycles. The van der Waals surface area contributed by atoms with Crippen LogP contribution in [0.25, 0.3) is 0 Å². The van der Waals surface area contributed by atoms with Gasteiger partial charge in [-0.1, -0.05) is 19.3 Å². The Morgan fingerprint density at radius 3 is 2.72 bits per heavy atom. The van der Waals surface area contributed by atoms with E-state index in [-0.39, 0.29) is 24.4 Å². The molecule has 1 aliphatic rings. The number of carbonyl (C=O) groups is 1. The molecule has 0 radical (unpaired) electrons. The van der Waals surface area contributed by atoms with Crippen LogP contribution in [-0.4, -0.2) is 23.5 Å². The number of aromatic amines is 1. The van der Waals surface area contributed by atoms with E-state index in [4.69, 9.17) is 5.73 Å². The van der Waals surface area contributed by atoms with Crippen molar-refractivity contribution in [3.8, 4) is 0 Å². The summed E-state index contributed by atoms with van der Waals surface area (Å²) in [6.45, 7) is 0.525. The Hall–Kier alpha value is -1.00. The Balaban J connectivity index is 0.00000162. The zero-order valence-corrected chi connectivity index (χ0v) is 11.3. The number of halogens is 1. The van der Waals surface area contributed by atoms with Gasteiger partial charge in [-0.25, -0.2) is 0 Å². The first kappa shape index (κ1) is 15.1. The SMILES string of the molecule is Cl.NCC(NC(=O)c1ccc[nH]1)C1CCCCC1. The molecule has 1 amide bonds. The molecule has 1 saturated carbocycles. The fraction of sp³-hybridized carbons (Fsp3) is 0.615. The van der Waals surface area contributed by atoms with E-state index >= 15 is 0 Å². The Morgan fingerprint density at radius 1 is 1.44 bits per heavy atom. The number of amides is 1. The number of nitrogens with one attached hydrogen (secondary N) is 2. The maximum Gasteiger partial charge on any atom is 0.267 e. The van der Waals surface area contributed by atoms with Crippen LogP contribution in [0, 0.1) is 5.92 Å². The summed E-state index contributed by atoms with van der Waals surface area (Å²) < 4.78 is 0. The third-order valence-corrected chi connectivity index (χ3v) is 3.63. The summed E-state index contributed by atoms with van der Waals surface area (Å²) in [5.41, 5.74) is 6.39. The minimum absolute atomic E-state index is 0. The lowest BCUT2D eigenvalue weighted by molar-refractivity contribution is 0.0911. The number of rotatable bonds is 4. The molecule has 1 fully saturated rings. The van der Waals surface area contributed by atoms with Gasteiger partial charge in [0.05, 0.1) is 0 Å². The molecule has 2 rings (SSSR count). The molecule has 0 bridgehead atoms. The van der Waals surface area contributed by atoms with Gasteiger partial charge in [-0.05, 0) is 30.9 Å². The maximum absolute atomic E-state index is 11.9. The normalized spacial score (nSPS) is 17.8. The molecule has 0 saturated heterocycles. The summed E-state index contributed by atoms with van der Waals surface area (Å²) in [6.07, 6.45) is 7.98. The van der Waals surface area contributed by atoms with Crippen molar-refractivity contribution in [2.24, 2.45) is 11.7 Å². The van der Waals surface area contributed by atoms with Crippen molar-refractivity contribution >= 4 is 18.3 Å². The van der Waals surface area contributed by atoms with E-state index in [1.807, 2.05) is 6.07 Å². The lowest BCUT2D eigenvalue weighted by Gasteiger charge is -2.29. The number of aromatic nitrogens is 1. The van der Waals surface area contributed by atoms with E-state index in [0.717, 1.165) is 0 Å². The maximum atomic E-state index is 11.9. The highest BCUT2D eigenvalue weighted by atomic mass is 35.5. The van der Waals surface area contributed by atoms with Crippen LogP contribution in [0.1, 0.15) is 42.6 Å². The van der Waals surface area contributed by atoms with Crippen molar-refractivity contribution in [1.82, 2.24) is 10.3 Å². The topological polar surface area (TPSA) is 70.9 Å². The second-order valence-corrected chi connectivity index (χ2v) is 4.80. The summed E-state index contributed by atoms with van der Waals surface area (Å²) in [6, 6.07) is 3.72. The van der Waals surface area contributed by atoms with E-state index in [0.29, 0.717) is 18.2 Å². The number of carbonyl (C=O) groups excluding carboxylic acids is 1. The zero-order valence-electron chi connectivity index (χ0n) is 10.5. The van der Waals surface area contributed by atoms with Crippen molar-refractivity contribution in [1.29, 1.82) is 0 Å². The molecule has 0 aliphatic heterocycles. The lowest BCUT2D eigenvalue weighted by atomic mass is 9.84. The van der Waals surface area contributed by atoms with Gasteiger partial charge in [-0.2, -0.15) is 0 Å². The summed E-state index contributed by atoms with van der Waals surface area (Å²) in [7, 11) is 0. The number of H-pyrrole nitrogens is 1. The molecule has 1 unspecified atom stereocenters. The number of hydrogen-bond acceptors (Lipinski definition) is 2. The molecule has 102 valence electrons. The van der Waals surface area contributed by atoms with E-state index in [1.165, 1.54) is 32.1 Å². The lowest BCUT2D eigenvalue weighted by Crippen LogP contribution is -2.46. The zero-order chi connectivity index (χ0) is 12.1. The average Bonchev–Trinajstić information content (AvgIpc) is 2.90. The Kier molecular flexibility index (Phi) is 6.22. The summed E-state index contributed by atoms with van der Waals surface area (Å²) in [4.78, 5) is 14.8. The Labute approximate surface area is 114 Å². The number of nitrogens with two attached hydrogens (primary N) is 1. The Bertz CT molecular complexity index is 347. The highest BCUT2D eigenvalue weighted by molar-refractivity contribution is 5.92. The van der Waals surface area contributed by atoms with Crippen molar-refractivity contribution in [2.45, 2.75) is 38.1 Å². The van der Waals surface area contributed by atoms with Gasteiger partial charge in [-0.15, -0.1) is 12.4 Å². The van der Waals surface area contributed by atoms with Crippen LogP contribution in [0.15, 0.2) is 18.3 Å². The molecule has 1 aromatic heterocycles. The smallest absolute Gasteiger partial charge is 0.267 e. The number of hydrogen-bond donors (Lipinski definition) is 3. The minimum atomic E-state index is -0.0453. The molecule has 0 spiro atoms. The van der Waals surface area contributed by atoms with Crippen molar-refractivity contribution in [2.75, 3.05) is 6.54 Å².